The van der Waals surface area contributed by atoms with E-state index in [1.54, 1.807) is 6.07 Å². The molecule has 1 aliphatic rings. The van der Waals surface area contributed by atoms with Crippen LogP contribution >= 0.6 is 11.6 Å². The Morgan fingerprint density at radius 2 is 2.20 bits per heavy atom. The van der Waals surface area contributed by atoms with E-state index in [9.17, 15) is 0 Å². The second-order valence-electron chi connectivity index (χ2n) is 4.69. The number of amidine groups is 1. The third-order valence-corrected chi connectivity index (χ3v) is 3.29. The normalized spacial score (nSPS) is 18.0. The molecule has 0 amide bonds. The number of rotatable bonds is 2. The van der Waals surface area contributed by atoms with Crippen LogP contribution in [0.2, 0.25) is 0 Å². The minimum Gasteiger partial charge on any atom is -0.398 e. The largest absolute Gasteiger partial charge is 0.398 e. The summed E-state index contributed by atoms with van der Waals surface area (Å²) in [7, 11) is 0. The Kier molecular flexibility index (Phi) is 4.58. The van der Waals surface area contributed by atoms with Gasteiger partial charge < -0.3 is 16.5 Å². The van der Waals surface area contributed by atoms with Crippen molar-refractivity contribution in [1.29, 1.82) is 5.41 Å². The Hall–Kier alpha value is -2.07. The van der Waals surface area contributed by atoms with Gasteiger partial charge >= 0.3 is 0 Å². The van der Waals surface area contributed by atoms with Crippen molar-refractivity contribution >= 4 is 35.0 Å². The van der Waals surface area contributed by atoms with Crippen molar-refractivity contribution in [1.82, 2.24) is 0 Å². The first-order chi connectivity index (χ1) is 9.58. The summed E-state index contributed by atoms with van der Waals surface area (Å²) < 4.78 is 0. The Morgan fingerprint density at radius 1 is 1.40 bits per heavy atom. The standard InChI is InChI=1S/C15H17ClN4/c1-10-2-3-12(16)7-15(19-9-10)20-13-4-5-14(18)11(6-13)8-17/h4-9,17H,2-3,18H2,1H3,(H,19,20)/b10-9?,12-7+,17-8?. The highest BCUT2D eigenvalue weighted by atomic mass is 35.5. The summed E-state index contributed by atoms with van der Waals surface area (Å²) in [5, 5.41) is 11.3. The number of nitrogens with one attached hydrogen (secondary N) is 2. The lowest BCUT2D eigenvalue weighted by molar-refractivity contribution is 0.955. The highest BCUT2D eigenvalue weighted by molar-refractivity contribution is 6.31. The number of nitrogens with two attached hydrogens (primary N) is 1. The van der Waals surface area contributed by atoms with Gasteiger partial charge in [0.1, 0.15) is 5.84 Å². The van der Waals surface area contributed by atoms with E-state index in [1.807, 2.05) is 31.3 Å². The van der Waals surface area contributed by atoms with Gasteiger partial charge in [0.05, 0.1) is 0 Å². The fourth-order valence-corrected chi connectivity index (χ4v) is 2.01. The highest BCUT2D eigenvalue weighted by Crippen LogP contribution is 2.20. The van der Waals surface area contributed by atoms with Crippen LogP contribution in [-0.2, 0) is 0 Å². The molecule has 4 nitrogen and oxygen atoms in total. The van der Waals surface area contributed by atoms with Crippen LogP contribution < -0.4 is 11.1 Å². The maximum atomic E-state index is 7.32. The molecule has 0 radical (unpaired) electrons. The third kappa shape index (κ3) is 3.71. The lowest BCUT2D eigenvalue weighted by Crippen LogP contribution is -2.10. The van der Waals surface area contributed by atoms with E-state index in [2.05, 4.69) is 10.3 Å². The van der Waals surface area contributed by atoms with Crippen LogP contribution in [0, 0.1) is 5.41 Å². The van der Waals surface area contributed by atoms with E-state index in [-0.39, 0.29) is 0 Å². The van der Waals surface area contributed by atoms with E-state index >= 15 is 0 Å². The van der Waals surface area contributed by atoms with Crippen molar-refractivity contribution in [3.05, 3.63) is 46.6 Å². The molecule has 0 bridgehead atoms. The van der Waals surface area contributed by atoms with E-state index in [4.69, 9.17) is 22.7 Å². The zero-order chi connectivity index (χ0) is 14.5. The molecule has 20 heavy (non-hydrogen) atoms. The van der Waals surface area contributed by atoms with Crippen LogP contribution in [0.3, 0.4) is 0 Å². The first-order valence-electron chi connectivity index (χ1n) is 6.35. The monoisotopic (exact) mass is 288 g/mol. The summed E-state index contributed by atoms with van der Waals surface area (Å²) in [6, 6.07) is 5.42. The van der Waals surface area contributed by atoms with Crippen molar-refractivity contribution in [2.45, 2.75) is 19.8 Å². The molecule has 0 atom stereocenters. The summed E-state index contributed by atoms with van der Waals surface area (Å²) in [5.74, 6) is 0.676. The van der Waals surface area contributed by atoms with Gasteiger partial charge in [-0.25, -0.2) is 4.99 Å². The average molecular weight is 289 g/mol. The van der Waals surface area contributed by atoms with Crippen molar-refractivity contribution < 1.29 is 0 Å². The van der Waals surface area contributed by atoms with Crippen LogP contribution in [0.15, 0.2) is 46.1 Å². The summed E-state index contributed by atoms with van der Waals surface area (Å²) in [6.45, 7) is 2.03. The number of halogens is 1. The average Bonchev–Trinajstić information content (AvgIpc) is 2.43. The molecule has 4 N–H and O–H groups in total. The predicted octanol–water partition coefficient (Wildman–Crippen LogP) is 3.90. The maximum Gasteiger partial charge on any atom is 0.131 e. The van der Waals surface area contributed by atoms with Gasteiger partial charge in [0.2, 0.25) is 0 Å². The van der Waals surface area contributed by atoms with Gasteiger partial charge in [-0.15, -0.1) is 0 Å². The molecular weight excluding hydrogens is 272 g/mol. The van der Waals surface area contributed by atoms with Crippen molar-refractivity contribution in [2.75, 3.05) is 11.1 Å². The summed E-state index contributed by atoms with van der Waals surface area (Å²) in [5.41, 5.74) is 9.03. The second kappa shape index (κ2) is 6.39. The maximum absolute atomic E-state index is 7.32. The zero-order valence-corrected chi connectivity index (χ0v) is 12.0. The van der Waals surface area contributed by atoms with Crippen LogP contribution in [0.5, 0.6) is 0 Å². The second-order valence-corrected chi connectivity index (χ2v) is 5.18. The first kappa shape index (κ1) is 14.3. The zero-order valence-electron chi connectivity index (χ0n) is 11.3. The van der Waals surface area contributed by atoms with Crippen molar-refractivity contribution in [3.63, 3.8) is 0 Å². The minimum absolute atomic E-state index is 0.578. The highest BCUT2D eigenvalue weighted by Gasteiger charge is 2.05. The molecule has 5 heteroatoms. The molecule has 0 saturated heterocycles. The molecule has 104 valence electrons. The lowest BCUT2D eigenvalue weighted by Gasteiger charge is -2.11. The first-order valence-corrected chi connectivity index (χ1v) is 6.73. The molecule has 1 aromatic carbocycles. The quantitative estimate of drug-likeness (QED) is 0.570. The molecule has 1 aliphatic heterocycles. The number of hydrogen-bond acceptors (Lipinski definition) is 4. The topological polar surface area (TPSA) is 74.3 Å². The fourth-order valence-electron chi connectivity index (χ4n) is 1.81. The molecule has 1 aromatic rings. The Balaban J connectivity index is 2.27. The van der Waals surface area contributed by atoms with Gasteiger partial charge in [-0.2, -0.15) is 0 Å². The number of nitrogens with zero attached hydrogens (tertiary/aromatic N) is 1. The molecule has 0 spiro atoms. The molecule has 0 saturated carbocycles. The summed E-state index contributed by atoms with van der Waals surface area (Å²) >= 11 is 6.16. The smallest absolute Gasteiger partial charge is 0.131 e. The fraction of sp³-hybridized carbons (Fsp3) is 0.200. The van der Waals surface area contributed by atoms with Crippen LogP contribution in [0.4, 0.5) is 11.4 Å². The van der Waals surface area contributed by atoms with Crippen LogP contribution in [0.1, 0.15) is 25.3 Å². The van der Waals surface area contributed by atoms with E-state index in [1.165, 1.54) is 11.8 Å². The van der Waals surface area contributed by atoms with E-state index < -0.39 is 0 Å². The molecule has 2 rings (SSSR count). The molecule has 0 unspecified atom stereocenters. The van der Waals surface area contributed by atoms with Gasteiger partial charge in [0, 0.05) is 34.4 Å². The van der Waals surface area contributed by atoms with Crippen LogP contribution in [-0.4, -0.2) is 12.1 Å². The van der Waals surface area contributed by atoms with E-state index in [0.29, 0.717) is 17.1 Å². The molecule has 1 heterocycles. The van der Waals surface area contributed by atoms with Gasteiger partial charge in [-0.3, -0.25) is 0 Å². The number of allylic oxidation sites excluding steroid dienone is 2. The van der Waals surface area contributed by atoms with Gasteiger partial charge in [-0.05, 0) is 44.0 Å². The molecule has 0 fully saturated rings. The lowest BCUT2D eigenvalue weighted by atomic mass is 10.1. The van der Waals surface area contributed by atoms with Gasteiger partial charge in [-0.1, -0.05) is 17.2 Å². The SMILES string of the molecule is CC1=CN=C(Nc2ccc(N)c(C=N)c2)/C=C(/Cl)CC1. The van der Waals surface area contributed by atoms with Gasteiger partial charge in [0.15, 0.2) is 0 Å². The molecular formula is C15H17ClN4. The van der Waals surface area contributed by atoms with Crippen molar-refractivity contribution in [2.24, 2.45) is 4.99 Å². The van der Waals surface area contributed by atoms with Crippen molar-refractivity contribution in [3.8, 4) is 0 Å². The van der Waals surface area contributed by atoms with Gasteiger partial charge in [0.25, 0.3) is 0 Å². The summed E-state index contributed by atoms with van der Waals surface area (Å²) in [4.78, 5) is 4.38. The van der Waals surface area contributed by atoms with E-state index in [0.717, 1.165) is 23.6 Å². The molecule has 0 aliphatic carbocycles. The minimum atomic E-state index is 0.578. The summed E-state index contributed by atoms with van der Waals surface area (Å²) in [6.07, 6.45) is 6.64. The number of benzene rings is 1. The molecule has 0 aromatic heterocycles. The Bertz CT molecular complexity index is 614. The third-order valence-electron chi connectivity index (χ3n) is 2.99. The number of anilines is 2. The Morgan fingerprint density at radius 3 is 2.95 bits per heavy atom. The number of hydrogen-bond donors (Lipinski definition) is 3. The predicted molar refractivity (Wildman–Crippen MR) is 86.7 cm³/mol. The van der Waals surface area contributed by atoms with Crippen LogP contribution in [0.25, 0.3) is 0 Å². The Labute approximate surface area is 123 Å². The number of nitrogen functional groups attached to an aromatic ring is 1. The number of aliphatic imine (C=N–C) groups is 1.